The van der Waals surface area contributed by atoms with Crippen LogP contribution in [0.5, 0.6) is 0 Å². The molecule has 22 heavy (non-hydrogen) atoms. The number of nitrogens with two attached hydrogens (primary N) is 1. The molecule has 0 radical (unpaired) electrons. The molecule has 2 rings (SSSR count). The number of hydrogen-bond donors (Lipinski definition) is 2. The van der Waals surface area contributed by atoms with Gasteiger partial charge < -0.3 is 15.2 Å². The topological polar surface area (TPSA) is 142 Å². The van der Waals surface area contributed by atoms with Crippen molar-refractivity contribution in [3.63, 3.8) is 0 Å². The molecule has 0 saturated carbocycles. The number of hydrogen-bond acceptors (Lipinski definition) is 8. The molecule has 10 heteroatoms. The monoisotopic (exact) mass is 309 g/mol. The highest BCUT2D eigenvalue weighted by Crippen LogP contribution is 2.12. The molecule has 0 saturated heterocycles. The van der Waals surface area contributed by atoms with Crippen LogP contribution in [-0.2, 0) is 21.0 Å². The first kappa shape index (κ1) is 15.6. The van der Waals surface area contributed by atoms with Gasteiger partial charge in [0.05, 0.1) is 6.61 Å². The summed E-state index contributed by atoms with van der Waals surface area (Å²) in [6.07, 6.45) is 0. The number of Topliss-reactive ketones (excluding diaryl/α,β-unsaturated/α-hetero) is 1. The van der Waals surface area contributed by atoms with Gasteiger partial charge in [-0.05, 0) is 0 Å². The van der Waals surface area contributed by atoms with Crippen LogP contribution in [0.15, 0.2) is 4.79 Å². The van der Waals surface area contributed by atoms with E-state index in [1.807, 2.05) is 0 Å². The van der Waals surface area contributed by atoms with E-state index in [1.165, 1.54) is 18.4 Å². The lowest BCUT2D eigenvalue weighted by Gasteiger charge is -2.08. The molecule has 0 aliphatic carbocycles. The maximum Gasteiger partial charge on any atom is 0.302 e. The van der Waals surface area contributed by atoms with Crippen LogP contribution in [0.2, 0.25) is 0 Å². The van der Waals surface area contributed by atoms with Crippen LogP contribution >= 0.6 is 0 Å². The summed E-state index contributed by atoms with van der Waals surface area (Å²) >= 11 is 0. The molecule has 2 aromatic heterocycles. The number of aromatic nitrogens is 4. The number of carbonyl (C=O) groups is 2. The molecule has 0 aromatic carbocycles. The highest BCUT2D eigenvalue weighted by Gasteiger charge is 2.18. The molecule has 10 nitrogen and oxygen atoms in total. The second-order valence-corrected chi connectivity index (χ2v) is 4.42. The largest absolute Gasteiger partial charge is 0.463 e. The summed E-state index contributed by atoms with van der Waals surface area (Å²) in [6, 6.07) is 0. The minimum absolute atomic E-state index is 0.00276. The summed E-state index contributed by atoms with van der Waals surface area (Å²) in [5, 5.41) is 0. The Labute approximate surface area is 124 Å². The van der Waals surface area contributed by atoms with Gasteiger partial charge in [0.15, 0.2) is 22.8 Å². The Kier molecular flexibility index (Phi) is 4.51. The molecule has 0 spiro atoms. The smallest absolute Gasteiger partial charge is 0.302 e. The van der Waals surface area contributed by atoms with Crippen molar-refractivity contribution in [1.82, 2.24) is 19.5 Å². The van der Waals surface area contributed by atoms with Crippen molar-refractivity contribution >= 4 is 28.9 Å². The van der Waals surface area contributed by atoms with E-state index < -0.39 is 11.5 Å². The van der Waals surface area contributed by atoms with Gasteiger partial charge in [0, 0.05) is 13.8 Å². The highest BCUT2D eigenvalue weighted by atomic mass is 16.6. The molecular weight excluding hydrogens is 294 g/mol. The number of fused-ring (bicyclic) bond motifs is 1. The third-order valence-electron chi connectivity index (χ3n) is 2.69. The minimum Gasteiger partial charge on any atom is -0.463 e. The van der Waals surface area contributed by atoms with E-state index >= 15 is 0 Å². The minimum atomic E-state index is -0.538. The third-order valence-corrected chi connectivity index (χ3v) is 2.69. The Bertz CT molecular complexity index is 778. The third kappa shape index (κ3) is 3.28. The van der Waals surface area contributed by atoms with Crippen molar-refractivity contribution in [3.05, 3.63) is 16.2 Å². The van der Waals surface area contributed by atoms with Gasteiger partial charge in [0.25, 0.3) is 5.56 Å². The van der Waals surface area contributed by atoms with Crippen molar-refractivity contribution in [2.24, 2.45) is 0 Å². The number of carbonyl (C=O) groups excluding carboxylic acids is 2. The van der Waals surface area contributed by atoms with Crippen LogP contribution in [0.1, 0.15) is 24.5 Å². The van der Waals surface area contributed by atoms with Gasteiger partial charge in [-0.2, -0.15) is 4.98 Å². The van der Waals surface area contributed by atoms with Gasteiger partial charge in [-0.15, -0.1) is 0 Å². The second-order valence-electron chi connectivity index (χ2n) is 4.42. The molecule has 0 aliphatic rings. The number of rotatable bonds is 6. The average Bonchev–Trinajstić information content (AvgIpc) is 2.77. The maximum absolute atomic E-state index is 11.8. The van der Waals surface area contributed by atoms with Crippen molar-refractivity contribution < 1.29 is 19.1 Å². The number of esters is 1. The first-order valence-corrected chi connectivity index (χ1v) is 6.38. The molecular formula is C12H15N5O5. The summed E-state index contributed by atoms with van der Waals surface area (Å²) in [4.78, 5) is 44.3. The Morgan fingerprint density at radius 1 is 1.27 bits per heavy atom. The first-order valence-electron chi connectivity index (χ1n) is 6.38. The summed E-state index contributed by atoms with van der Waals surface area (Å²) in [7, 11) is 0. The van der Waals surface area contributed by atoms with Gasteiger partial charge >= 0.3 is 5.97 Å². The zero-order valence-electron chi connectivity index (χ0n) is 12.1. The number of H-pyrrole nitrogens is 1. The Morgan fingerprint density at radius 2 is 2.00 bits per heavy atom. The SMILES string of the molecule is CC(=O)OCCOCn1c(C(C)=O)nc2c(=O)[nH]c(N)nc21. The fourth-order valence-electron chi connectivity index (χ4n) is 1.82. The van der Waals surface area contributed by atoms with Crippen LogP contribution in [-0.4, -0.2) is 44.5 Å². The summed E-state index contributed by atoms with van der Waals surface area (Å²) in [6.45, 7) is 2.72. The fraction of sp³-hybridized carbons (Fsp3) is 0.417. The zero-order valence-corrected chi connectivity index (χ0v) is 12.1. The zero-order chi connectivity index (χ0) is 16.3. The summed E-state index contributed by atoms with van der Waals surface area (Å²) in [5.41, 5.74) is 5.11. The highest BCUT2D eigenvalue weighted by molar-refractivity contribution is 5.93. The average molecular weight is 309 g/mol. The Hall–Kier alpha value is -2.75. The second kappa shape index (κ2) is 6.35. The predicted molar refractivity (Wildman–Crippen MR) is 75.2 cm³/mol. The van der Waals surface area contributed by atoms with E-state index in [9.17, 15) is 14.4 Å². The molecule has 0 unspecified atom stereocenters. The molecule has 0 bridgehead atoms. The summed E-state index contributed by atoms with van der Waals surface area (Å²) < 4.78 is 11.4. The first-order chi connectivity index (χ1) is 10.4. The predicted octanol–water partition coefficient (Wildman–Crippen LogP) is -0.558. The molecule has 0 fully saturated rings. The lowest BCUT2D eigenvalue weighted by Crippen LogP contribution is -2.15. The van der Waals surface area contributed by atoms with E-state index in [0.717, 1.165) is 0 Å². The van der Waals surface area contributed by atoms with Crippen LogP contribution in [0.25, 0.3) is 11.2 Å². The quantitative estimate of drug-likeness (QED) is 0.411. The summed E-state index contributed by atoms with van der Waals surface area (Å²) in [5.74, 6) is -0.818. The molecule has 0 atom stereocenters. The number of ether oxygens (including phenoxy) is 2. The van der Waals surface area contributed by atoms with E-state index in [4.69, 9.17) is 15.2 Å². The number of imidazole rings is 1. The van der Waals surface area contributed by atoms with Gasteiger partial charge in [0.2, 0.25) is 5.95 Å². The Morgan fingerprint density at radius 3 is 2.64 bits per heavy atom. The maximum atomic E-state index is 11.8. The number of ketones is 1. The van der Waals surface area contributed by atoms with E-state index in [0.29, 0.717) is 0 Å². The van der Waals surface area contributed by atoms with E-state index in [-0.39, 0.29) is 48.7 Å². The number of aromatic amines is 1. The van der Waals surface area contributed by atoms with E-state index in [2.05, 4.69) is 15.0 Å². The van der Waals surface area contributed by atoms with Gasteiger partial charge in [-0.25, -0.2) is 4.98 Å². The molecule has 3 N–H and O–H groups in total. The number of nitrogens with one attached hydrogen (secondary N) is 1. The molecule has 118 valence electrons. The van der Waals surface area contributed by atoms with Crippen molar-refractivity contribution in [1.29, 1.82) is 0 Å². The normalized spacial score (nSPS) is 10.8. The number of nitrogen functional groups attached to an aromatic ring is 1. The van der Waals surface area contributed by atoms with Crippen molar-refractivity contribution in [2.75, 3.05) is 18.9 Å². The molecule has 0 amide bonds. The van der Waals surface area contributed by atoms with Crippen LogP contribution < -0.4 is 11.3 Å². The number of anilines is 1. The van der Waals surface area contributed by atoms with Crippen LogP contribution in [0.3, 0.4) is 0 Å². The fourth-order valence-corrected chi connectivity index (χ4v) is 1.82. The van der Waals surface area contributed by atoms with Gasteiger partial charge in [0.1, 0.15) is 13.3 Å². The van der Waals surface area contributed by atoms with Crippen molar-refractivity contribution in [3.8, 4) is 0 Å². The lowest BCUT2D eigenvalue weighted by atomic mass is 10.4. The standard InChI is InChI=1S/C12H15N5O5/c1-6(18)9-14-8-10(15-12(13)16-11(8)20)17(9)5-21-3-4-22-7(2)19/h3-5H2,1-2H3,(H3,13,15,16,20). The van der Waals surface area contributed by atoms with Gasteiger partial charge in [-0.3, -0.25) is 23.9 Å². The lowest BCUT2D eigenvalue weighted by molar-refractivity contribution is -0.142. The van der Waals surface area contributed by atoms with Crippen LogP contribution in [0, 0.1) is 0 Å². The van der Waals surface area contributed by atoms with E-state index in [1.54, 1.807) is 0 Å². The van der Waals surface area contributed by atoms with Crippen LogP contribution in [0.4, 0.5) is 5.95 Å². The molecule has 0 aliphatic heterocycles. The van der Waals surface area contributed by atoms with Crippen molar-refractivity contribution in [2.45, 2.75) is 20.6 Å². The Balaban J connectivity index is 2.26. The number of nitrogens with zero attached hydrogens (tertiary/aromatic N) is 3. The molecule has 2 aromatic rings. The van der Waals surface area contributed by atoms with Gasteiger partial charge in [-0.1, -0.05) is 0 Å². The molecule has 2 heterocycles.